The lowest BCUT2D eigenvalue weighted by Gasteiger charge is -1.82. The molecule has 0 spiro atoms. The molecule has 5 nitrogen and oxygen atoms in total. The number of rotatable bonds is 0. The Morgan fingerprint density at radius 1 is 1.60 bits per heavy atom. The molecule has 0 fully saturated rings. The van der Waals surface area contributed by atoms with Crippen molar-refractivity contribution in [2.45, 2.75) is 0 Å². The van der Waals surface area contributed by atoms with Crippen molar-refractivity contribution in [3.63, 3.8) is 0 Å². The highest BCUT2D eigenvalue weighted by molar-refractivity contribution is 7.12. The standard InChI is InChI=1S/C4H5N5S/c1-9-4-2(3(5)7-9)6-8-10-4/h1H3,(H2,5,7). The fraction of sp³-hybridized carbons (Fsp3) is 0.250. The van der Waals surface area contributed by atoms with Gasteiger partial charge in [-0.15, -0.1) is 5.10 Å². The summed E-state index contributed by atoms with van der Waals surface area (Å²) in [6.07, 6.45) is 0. The first-order valence-electron chi connectivity index (χ1n) is 2.69. The van der Waals surface area contributed by atoms with Gasteiger partial charge in [-0.1, -0.05) is 4.49 Å². The van der Waals surface area contributed by atoms with Gasteiger partial charge in [0.1, 0.15) is 0 Å². The van der Waals surface area contributed by atoms with E-state index in [4.69, 9.17) is 5.73 Å². The summed E-state index contributed by atoms with van der Waals surface area (Å²) in [5.41, 5.74) is 6.20. The van der Waals surface area contributed by atoms with Crippen LogP contribution in [0.1, 0.15) is 0 Å². The minimum absolute atomic E-state index is 0.450. The largest absolute Gasteiger partial charge is 0.380 e. The molecule has 0 aliphatic heterocycles. The molecule has 10 heavy (non-hydrogen) atoms. The normalized spacial score (nSPS) is 10.9. The second kappa shape index (κ2) is 1.66. The molecule has 0 unspecified atom stereocenters. The first-order chi connectivity index (χ1) is 4.79. The number of nitrogen functional groups attached to an aromatic ring is 1. The van der Waals surface area contributed by atoms with Crippen molar-refractivity contribution >= 4 is 27.7 Å². The molecule has 2 aromatic rings. The highest BCUT2D eigenvalue weighted by Crippen LogP contribution is 2.18. The lowest BCUT2D eigenvalue weighted by Crippen LogP contribution is -1.91. The van der Waals surface area contributed by atoms with Crippen LogP contribution in [0.4, 0.5) is 5.82 Å². The zero-order valence-corrected chi connectivity index (χ0v) is 6.09. The average molecular weight is 155 g/mol. The molecule has 0 atom stereocenters. The maximum atomic E-state index is 5.49. The molecule has 6 heteroatoms. The molecule has 0 radical (unpaired) electrons. The van der Waals surface area contributed by atoms with Gasteiger partial charge < -0.3 is 5.73 Å². The van der Waals surface area contributed by atoms with Crippen LogP contribution in [0.15, 0.2) is 0 Å². The monoisotopic (exact) mass is 155 g/mol. The third-order valence-corrected chi connectivity index (χ3v) is 2.06. The zero-order chi connectivity index (χ0) is 7.14. The number of fused-ring (bicyclic) bond motifs is 1. The molecule has 52 valence electrons. The second-order valence-electron chi connectivity index (χ2n) is 1.94. The minimum atomic E-state index is 0.450. The Labute approximate surface area is 60.6 Å². The molecule has 0 saturated heterocycles. The van der Waals surface area contributed by atoms with Crippen LogP contribution in [-0.2, 0) is 7.05 Å². The van der Waals surface area contributed by atoms with Crippen LogP contribution in [0.2, 0.25) is 0 Å². The number of aromatic nitrogens is 4. The number of hydrogen-bond acceptors (Lipinski definition) is 5. The summed E-state index contributed by atoms with van der Waals surface area (Å²) in [6, 6.07) is 0. The van der Waals surface area contributed by atoms with Gasteiger partial charge in [-0.25, -0.2) is 0 Å². The number of anilines is 1. The van der Waals surface area contributed by atoms with Crippen molar-refractivity contribution in [1.29, 1.82) is 0 Å². The van der Waals surface area contributed by atoms with E-state index in [9.17, 15) is 0 Å². The Morgan fingerprint density at radius 2 is 2.40 bits per heavy atom. The molecule has 0 saturated carbocycles. The molecule has 0 amide bonds. The van der Waals surface area contributed by atoms with Crippen molar-refractivity contribution in [2.24, 2.45) is 7.05 Å². The zero-order valence-electron chi connectivity index (χ0n) is 5.27. The van der Waals surface area contributed by atoms with Gasteiger partial charge in [-0.3, -0.25) is 4.68 Å². The van der Waals surface area contributed by atoms with Gasteiger partial charge in [0.25, 0.3) is 0 Å². The molecular formula is C4H5N5S. The Balaban J connectivity index is 2.98. The van der Waals surface area contributed by atoms with Crippen molar-refractivity contribution in [2.75, 3.05) is 5.73 Å². The van der Waals surface area contributed by atoms with E-state index in [0.29, 0.717) is 11.3 Å². The summed E-state index contributed by atoms with van der Waals surface area (Å²) < 4.78 is 5.41. The van der Waals surface area contributed by atoms with Gasteiger partial charge in [-0.2, -0.15) is 5.10 Å². The van der Waals surface area contributed by atoms with Gasteiger partial charge in [0.05, 0.1) is 0 Å². The highest BCUT2D eigenvalue weighted by atomic mass is 32.1. The molecule has 2 N–H and O–H groups in total. The number of hydrogen-bond donors (Lipinski definition) is 1. The van der Waals surface area contributed by atoms with E-state index < -0.39 is 0 Å². The first kappa shape index (κ1) is 5.60. The smallest absolute Gasteiger partial charge is 0.175 e. The molecule has 0 aromatic carbocycles. The van der Waals surface area contributed by atoms with Crippen molar-refractivity contribution in [3.8, 4) is 0 Å². The fourth-order valence-electron chi connectivity index (χ4n) is 0.813. The van der Waals surface area contributed by atoms with E-state index in [1.165, 1.54) is 11.5 Å². The molecule has 2 aromatic heterocycles. The molecule has 2 rings (SSSR count). The Morgan fingerprint density at radius 3 is 3.10 bits per heavy atom. The van der Waals surface area contributed by atoms with Crippen LogP contribution in [0.5, 0.6) is 0 Å². The van der Waals surface area contributed by atoms with E-state index in [1.807, 2.05) is 7.05 Å². The van der Waals surface area contributed by atoms with Crippen molar-refractivity contribution < 1.29 is 0 Å². The van der Waals surface area contributed by atoms with Crippen LogP contribution in [0.3, 0.4) is 0 Å². The summed E-state index contributed by atoms with van der Waals surface area (Å²) in [5, 5.41) is 7.75. The van der Waals surface area contributed by atoms with Crippen LogP contribution < -0.4 is 5.73 Å². The predicted octanol–water partition coefficient (Wildman–Crippen LogP) is 0.00700. The fourth-order valence-corrected chi connectivity index (χ4v) is 1.40. The van der Waals surface area contributed by atoms with Gasteiger partial charge in [0.2, 0.25) is 0 Å². The predicted molar refractivity (Wildman–Crippen MR) is 38.6 cm³/mol. The van der Waals surface area contributed by atoms with Crippen molar-refractivity contribution in [3.05, 3.63) is 0 Å². The average Bonchev–Trinajstić information content (AvgIpc) is 2.39. The first-order valence-corrected chi connectivity index (χ1v) is 3.47. The molecular weight excluding hydrogens is 150 g/mol. The molecule has 0 bridgehead atoms. The summed E-state index contributed by atoms with van der Waals surface area (Å²) >= 11 is 1.29. The molecule has 0 aliphatic rings. The van der Waals surface area contributed by atoms with Gasteiger partial charge >= 0.3 is 0 Å². The van der Waals surface area contributed by atoms with E-state index in [1.54, 1.807) is 4.68 Å². The Hall–Kier alpha value is -1.17. The van der Waals surface area contributed by atoms with E-state index in [2.05, 4.69) is 14.7 Å². The van der Waals surface area contributed by atoms with Crippen LogP contribution in [0.25, 0.3) is 10.3 Å². The van der Waals surface area contributed by atoms with Gasteiger partial charge in [0.15, 0.2) is 16.2 Å². The topological polar surface area (TPSA) is 69.6 Å². The van der Waals surface area contributed by atoms with Crippen LogP contribution in [0, 0.1) is 0 Å². The lowest BCUT2D eigenvalue weighted by molar-refractivity contribution is 0.807. The maximum Gasteiger partial charge on any atom is 0.175 e. The number of nitrogens with two attached hydrogens (primary N) is 1. The van der Waals surface area contributed by atoms with Crippen LogP contribution in [-0.4, -0.2) is 19.4 Å². The highest BCUT2D eigenvalue weighted by Gasteiger charge is 2.07. The maximum absolute atomic E-state index is 5.49. The van der Waals surface area contributed by atoms with E-state index in [0.717, 1.165) is 4.83 Å². The Bertz CT molecular complexity index is 329. The summed E-state index contributed by atoms with van der Waals surface area (Å²) in [4.78, 5) is 0.914. The van der Waals surface area contributed by atoms with Gasteiger partial charge in [-0.05, 0) is 0 Å². The third kappa shape index (κ3) is 0.535. The second-order valence-corrected chi connectivity index (χ2v) is 2.67. The molecule has 0 aliphatic carbocycles. The summed E-state index contributed by atoms with van der Waals surface area (Å²) in [5.74, 6) is 0.450. The lowest BCUT2D eigenvalue weighted by atomic mass is 10.6. The minimum Gasteiger partial charge on any atom is -0.380 e. The summed E-state index contributed by atoms with van der Waals surface area (Å²) in [7, 11) is 1.82. The summed E-state index contributed by atoms with van der Waals surface area (Å²) in [6.45, 7) is 0. The molecule has 2 heterocycles. The number of aryl methyl sites for hydroxylation is 1. The van der Waals surface area contributed by atoms with E-state index >= 15 is 0 Å². The van der Waals surface area contributed by atoms with Crippen molar-refractivity contribution in [1.82, 2.24) is 19.4 Å². The Kier molecular flexibility index (Phi) is 0.930. The van der Waals surface area contributed by atoms with Gasteiger partial charge in [0, 0.05) is 18.6 Å². The van der Waals surface area contributed by atoms with Crippen LogP contribution >= 0.6 is 11.5 Å². The quantitative estimate of drug-likeness (QED) is 0.581. The SMILES string of the molecule is Cn1nc(N)c2nnsc21. The number of nitrogens with zero attached hydrogens (tertiary/aromatic N) is 4. The third-order valence-electron chi connectivity index (χ3n) is 1.26. The van der Waals surface area contributed by atoms with E-state index in [-0.39, 0.29) is 0 Å².